The van der Waals surface area contributed by atoms with Crippen LogP contribution in [0.2, 0.25) is 5.15 Å². The molecule has 3 aromatic rings. The van der Waals surface area contributed by atoms with Crippen molar-refractivity contribution in [2.24, 2.45) is 0 Å². The number of fused-ring (bicyclic) bond motifs is 1. The van der Waals surface area contributed by atoms with Crippen molar-refractivity contribution >= 4 is 38.6 Å². The van der Waals surface area contributed by atoms with Gasteiger partial charge in [0.1, 0.15) is 5.15 Å². The highest BCUT2D eigenvalue weighted by molar-refractivity contribution is 7.90. The molecule has 0 bridgehead atoms. The maximum absolute atomic E-state index is 13.4. The van der Waals surface area contributed by atoms with Crippen LogP contribution in [0.1, 0.15) is 43.9 Å². The summed E-state index contributed by atoms with van der Waals surface area (Å²) in [5.74, 6) is -0.627. The minimum atomic E-state index is -3.87. The van der Waals surface area contributed by atoms with Crippen molar-refractivity contribution in [3.63, 3.8) is 0 Å². The molecule has 0 unspecified atom stereocenters. The summed E-state index contributed by atoms with van der Waals surface area (Å²) < 4.78 is 28.0. The van der Waals surface area contributed by atoms with Gasteiger partial charge in [0.15, 0.2) is 0 Å². The smallest absolute Gasteiger partial charge is 0.303 e. The highest BCUT2D eigenvalue weighted by Gasteiger charge is 2.24. The molecule has 0 aliphatic heterocycles. The van der Waals surface area contributed by atoms with Crippen molar-refractivity contribution in [2.75, 3.05) is 0 Å². The lowest BCUT2D eigenvalue weighted by molar-refractivity contribution is -0.137. The Morgan fingerprint density at radius 1 is 1.18 bits per heavy atom. The van der Waals surface area contributed by atoms with Gasteiger partial charge < -0.3 is 5.11 Å². The number of rotatable bonds is 7. The Balaban J connectivity index is 2.11. The Kier molecular flexibility index (Phi) is 5.76. The molecule has 8 heteroatoms. The van der Waals surface area contributed by atoms with Crippen LogP contribution in [0.25, 0.3) is 11.0 Å². The van der Waals surface area contributed by atoms with Crippen molar-refractivity contribution in [3.05, 3.63) is 58.9 Å². The lowest BCUT2D eigenvalue weighted by Crippen LogP contribution is -2.16. The number of hydrogen-bond donors (Lipinski definition) is 1. The first-order valence-electron chi connectivity index (χ1n) is 8.94. The molecule has 6 nitrogen and oxygen atoms in total. The highest BCUT2D eigenvalue weighted by atomic mass is 35.5. The molecular weight excluding hydrogens is 400 g/mol. The van der Waals surface area contributed by atoms with E-state index in [1.165, 1.54) is 3.97 Å². The van der Waals surface area contributed by atoms with Gasteiger partial charge in [-0.3, -0.25) is 4.79 Å². The van der Waals surface area contributed by atoms with E-state index in [4.69, 9.17) is 16.7 Å². The Labute approximate surface area is 168 Å². The summed E-state index contributed by atoms with van der Waals surface area (Å²) in [7, 11) is -3.87. The van der Waals surface area contributed by atoms with E-state index in [-0.39, 0.29) is 16.5 Å². The van der Waals surface area contributed by atoms with E-state index < -0.39 is 16.0 Å². The lowest BCUT2D eigenvalue weighted by atomic mass is 10.0. The molecular formula is C20H21ClN2O4S. The van der Waals surface area contributed by atoms with E-state index >= 15 is 0 Å². The fourth-order valence-electron chi connectivity index (χ4n) is 3.10. The van der Waals surface area contributed by atoms with Crippen LogP contribution in [0.3, 0.4) is 0 Å². The van der Waals surface area contributed by atoms with Crippen LogP contribution in [0.4, 0.5) is 0 Å². The molecule has 0 aliphatic rings. The molecule has 3 rings (SSSR count). The largest absolute Gasteiger partial charge is 0.481 e. The van der Waals surface area contributed by atoms with Crippen LogP contribution < -0.4 is 0 Å². The van der Waals surface area contributed by atoms with Crippen LogP contribution in [0, 0.1) is 0 Å². The average Bonchev–Trinajstić information content (AvgIpc) is 2.99. The summed E-state index contributed by atoms with van der Waals surface area (Å²) in [6, 6.07) is 11.6. The molecule has 0 saturated heterocycles. The molecule has 0 radical (unpaired) electrons. The van der Waals surface area contributed by atoms with Crippen LogP contribution in [0.5, 0.6) is 0 Å². The van der Waals surface area contributed by atoms with E-state index in [0.717, 1.165) is 5.56 Å². The van der Waals surface area contributed by atoms with E-state index in [9.17, 15) is 13.2 Å². The Hall–Kier alpha value is -2.38. The fraction of sp³-hybridized carbons (Fsp3) is 0.300. The predicted octanol–water partition coefficient (Wildman–Crippen LogP) is 4.46. The van der Waals surface area contributed by atoms with E-state index in [0.29, 0.717) is 35.5 Å². The third kappa shape index (κ3) is 4.05. The van der Waals surface area contributed by atoms with Gasteiger partial charge in [-0.15, -0.1) is 0 Å². The van der Waals surface area contributed by atoms with Crippen molar-refractivity contribution in [3.8, 4) is 0 Å². The van der Waals surface area contributed by atoms with Crippen LogP contribution >= 0.6 is 11.6 Å². The molecule has 0 atom stereocenters. The van der Waals surface area contributed by atoms with Gasteiger partial charge in [-0.05, 0) is 54.7 Å². The molecule has 2 aromatic heterocycles. The third-order valence-electron chi connectivity index (χ3n) is 4.56. The summed E-state index contributed by atoms with van der Waals surface area (Å²) in [5, 5.41) is 9.16. The van der Waals surface area contributed by atoms with Crippen molar-refractivity contribution in [2.45, 2.75) is 43.9 Å². The number of carboxylic acid groups (broad SMARTS) is 1. The number of halogens is 1. The van der Waals surface area contributed by atoms with Gasteiger partial charge in [-0.2, -0.15) is 0 Å². The van der Waals surface area contributed by atoms with Gasteiger partial charge in [0, 0.05) is 12.1 Å². The SMILES string of the molecule is CC(C)c1ccc(S(=O)(=O)n2c(CCCC(=O)O)cc3nc(Cl)ccc32)cc1. The topological polar surface area (TPSA) is 89.3 Å². The van der Waals surface area contributed by atoms with E-state index in [1.807, 2.05) is 26.0 Å². The Morgan fingerprint density at radius 3 is 2.46 bits per heavy atom. The molecule has 0 spiro atoms. The summed E-state index contributed by atoms with van der Waals surface area (Å²) in [6.07, 6.45) is 0.573. The molecule has 0 aliphatic carbocycles. The van der Waals surface area contributed by atoms with Gasteiger partial charge in [0.05, 0.1) is 15.9 Å². The Morgan fingerprint density at radius 2 is 1.86 bits per heavy atom. The number of aryl methyl sites for hydroxylation is 1. The molecule has 0 fully saturated rings. The molecule has 0 amide bonds. The molecule has 1 aromatic carbocycles. The van der Waals surface area contributed by atoms with Crippen molar-refractivity contribution < 1.29 is 18.3 Å². The number of carboxylic acids is 1. The minimum Gasteiger partial charge on any atom is -0.481 e. The predicted molar refractivity (Wildman–Crippen MR) is 108 cm³/mol. The average molecular weight is 421 g/mol. The number of benzene rings is 1. The van der Waals surface area contributed by atoms with Gasteiger partial charge in [-0.25, -0.2) is 17.4 Å². The molecule has 2 heterocycles. The number of hydrogen-bond acceptors (Lipinski definition) is 4. The standard InChI is InChI=1S/C20H21ClN2O4S/c1-13(2)14-6-8-16(9-7-14)28(26,27)23-15(4-3-5-20(24)25)12-17-18(23)10-11-19(21)22-17/h6-13H,3-5H2,1-2H3,(H,24,25). The second kappa shape index (κ2) is 7.93. The lowest BCUT2D eigenvalue weighted by Gasteiger charge is -2.13. The normalized spacial score (nSPS) is 12.0. The third-order valence-corrected chi connectivity index (χ3v) is 6.55. The van der Waals surface area contributed by atoms with Gasteiger partial charge in [0.2, 0.25) is 0 Å². The Bertz CT molecular complexity index is 1120. The maximum atomic E-state index is 13.4. The number of nitrogens with zero attached hydrogens (tertiary/aromatic N) is 2. The number of aliphatic carboxylic acids is 1. The minimum absolute atomic E-state index is 0.0428. The van der Waals surface area contributed by atoms with E-state index in [1.54, 1.807) is 30.3 Å². The van der Waals surface area contributed by atoms with E-state index in [2.05, 4.69) is 4.98 Å². The summed E-state index contributed by atoms with van der Waals surface area (Å²) in [4.78, 5) is 15.2. The second-order valence-electron chi connectivity index (χ2n) is 6.91. The zero-order valence-electron chi connectivity index (χ0n) is 15.6. The molecule has 28 heavy (non-hydrogen) atoms. The number of pyridine rings is 1. The first-order valence-corrected chi connectivity index (χ1v) is 10.8. The highest BCUT2D eigenvalue weighted by Crippen LogP contribution is 2.28. The van der Waals surface area contributed by atoms with Gasteiger partial charge in [0.25, 0.3) is 10.0 Å². The zero-order valence-corrected chi connectivity index (χ0v) is 17.2. The van der Waals surface area contributed by atoms with Crippen LogP contribution in [-0.2, 0) is 21.2 Å². The van der Waals surface area contributed by atoms with Gasteiger partial charge in [-0.1, -0.05) is 37.6 Å². The summed E-state index contributed by atoms with van der Waals surface area (Å²) in [5.41, 5.74) is 2.41. The molecule has 148 valence electrons. The first kappa shape index (κ1) is 20.4. The molecule has 1 N–H and O–H groups in total. The monoisotopic (exact) mass is 420 g/mol. The fourth-order valence-corrected chi connectivity index (χ4v) is 4.81. The van der Waals surface area contributed by atoms with Crippen LogP contribution in [0.15, 0.2) is 47.4 Å². The number of aromatic nitrogens is 2. The van der Waals surface area contributed by atoms with Crippen LogP contribution in [-0.4, -0.2) is 28.5 Å². The number of carbonyl (C=O) groups is 1. The molecule has 0 saturated carbocycles. The van der Waals surface area contributed by atoms with Crippen molar-refractivity contribution in [1.29, 1.82) is 0 Å². The maximum Gasteiger partial charge on any atom is 0.303 e. The second-order valence-corrected chi connectivity index (χ2v) is 9.09. The summed E-state index contributed by atoms with van der Waals surface area (Å²) in [6.45, 7) is 4.08. The van der Waals surface area contributed by atoms with Crippen molar-refractivity contribution in [1.82, 2.24) is 8.96 Å². The first-order chi connectivity index (χ1) is 13.2. The zero-order chi connectivity index (χ0) is 20.5. The van der Waals surface area contributed by atoms with Gasteiger partial charge >= 0.3 is 5.97 Å². The quantitative estimate of drug-likeness (QED) is 0.570. The summed E-state index contributed by atoms with van der Waals surface area (Å²) >= 11 is 5.96.